The largest absolute Gasteiger partial charge is 0.394 e. The van der Waals surface area contributed by atoms with Crippen LogP contribution in [0.1, 0.15) is 17.7 Å². The Kier molecular flexibility index (Phi) is 2.60. The summed E-state index contributed by atoms with van der Waals surface area (Å²) in [6.07, 6.45) is 2.17. The maximum absolute atomic E-state index is 9.05. The molecule has 13 heavy (non-hydrogen) atoms. The molecule has 72 valence electrons. The molecule has 1 aromatic heterocycles. The minimum absolute atomic E-state index is 0.0243. The van der Waals surface area contributed by atoms with E-state index in [-0.39, 0.29) is 12.1 Å². The maximum atomic E-state index is 9.05. The summed E-state index contributed by atoms with van der Waals surface area (Å²) >= 11 is 7.45. The van der Waals surface area contributed by atoms with Gasteiger partial charge in [0.2, 0.25) is 0 Å². The van der Waals surface area contributed by atoms with Gasteiger partial charge in [-0.15, -0.1) is 11.3 Å². The molecule has 0 amide bonds. The van der Waals surface area contributed by atoms with Crippen molar-refractivity contribution >= 4 is 22.9 Å². The van der Waals surface area contributed by atoms with Crippen LogP contribution in [0.4, 0.5) is 0 Å². The van der Waals surface area contributed by atoms with Gasteiger partial charge in [-0.3, -0.25) is 0 Å². The van der Waals surface area contributed by atoms with E-state index in [4.69, 9.17) is 16.7 Å². The van der Waals surface area contributed by atoms with Crippen LogP contribution in [0.5, 0.6) is 0 Å². The van der Waals surface area contributed by atoms with Gasteiger partial charge < -0.3 is 10.4 Å². The molecule has 1 saturated carbocycles. The highest BCUT2D eigenvalue weighted by Gasteiger charge is 2.41. The second-order valence-electron chi connectivity index (χ2n) is 3.52. The first kappa shape index (κ1) is 9.46. The van der Waals surface area contributed by atoms with Gasteiger partial charge >= 0.3 is 0 Å². The van der Waals surface area contributed by atoms with E-state index in [9.17, 15) is 0 Å². The zero-order valence-electron chi connectivity index (χ0n) is 7.22. The third-order valence-electron chi connectivity index (χ3n) is 2.42. The Balaban J connectivity index is 1.86. The minimum atomic E-state index is 0.0243. The molecule has 2 rings (SSSR count). The van der Waals surface area contributed by atoms with E-state index in [0.29, 0.717) is 0 Å². The molecule has 0 saturated heterocycles. The molecule has 2 nitrogen and oxygen atoms in total. The predicted octanol–water partition coefficient (Wildman–Crippen LogP) is 2.02. The Morgan fingerprint density at radius 1 is 1.62 bits per heavy atom. The summed E-state index contributed by atoms with van der Waals surface area (Å²) in [5, 5.41) is 15.1. The van der Waals surface area contributed by atoms with E-state index >= 15 is 0 Å². The molecule has 0 radical (unpaired) electrons. The highest BCUT2D eigenvalue weighted by Crippen LogP contribution is 2.35. The van der Waals surface area contributed by atoms with Gasteiger partial charge in [-0.2, -0.15) is 0 Å². The lowest BCUT2D eigenvalue weighted by Gasteiger charge is -2.12. The van der Waals surface area contributed by atoms with Crippen molar-refractivity contribution in [3.05, 3.63) is 21.3 Å². The second-order valence-corrected chi connectivity index (χ2v) is 4.96. The standard InChI is InChI=1S/C9H12ClNOS/c10-7-3-8(13-5-7)4-11-9(6-12)1-2-9/h3,5,11-12H,1-2,4,6H2. The molecular weight excluding hydrogens is 206 g/mol. The summed E-state index contributed by atoms with van der Waals surface area (Å²) in [6, 6.07) is 1.96. The van der Waals surface area contributed by atoms with E-state index in [1.807, 2.05) is 11.4 Å². The smallest absolute Gasteiger partial charge is 0.0613 e. The highest BCUT2D eigenvalue weighted by molar-refractivity contribution is 7.10. The molecule has 0 atom stereocenters. The first-order valence-electron chi connectivity index (χ1n) is 4.33. The Morgan fingerprint density at radius 3 is 2.85 bits per heavy atom. The van der Waals surface area contributed by atoms with E-state index in [0.717, 1.165) is 24.4 Å². The summed E-state index contributed by atoms with van der Waals surface area (Å²) in [5.41, 5.74) is 0.0243. The zero-order valence-corrected chi connectivity index (χ0v) is 8.79. The van der Waals surface area contributed by atoms with Gasteiger partial charge in [-0.1, -0.05) is 11.6 Å². The average Bonchev–Trinajstić information content (AvgIpc) is 2.81. The molecule has 0 aliphatic heterocycles. The Bertz CT molecular complexity index is 296. The van der Waals surface area contributed by atoms with Gasteiger partial charge in [0.1, 0.15) is 0 Å². The first-order valence-corrected chi connectivity index (χ1v) is 5.59. The number of hydrogen-bond donors (Lipinski definition) is 2. The number of rotatable bonds is 4. The molecule has 1 aliphatic carbocycles. The van der Waals surface area contributed by atoms with E-state index < -0.39 is 0 Å². The van der Waals surface area contributed by atoms with Crippen molar-refractivity contribution in [2.24, 2.45) is 0 Å². The first-order chi connectivity index (χ1) is 6.24. The Morgan fingerprint density at radius 2 is 2.38 bits per heavy atom. The summed E-state index contributed by atoms with van der Waals surface area (Å²) in [6.45, 7) is 1.06. The number of aliphatic hydroxyl groups is 1. The Labute approximate surface area is 86.5 Å². The van der Waals surface area contributed by atoms with Gasteiger partial charge in [0.25, 0.3) is 0 Å². The molecule has 1 fully saturated rings. The lowest BCUT2D eigenvalue weighted by molar-refractivity contribution is 0.230. The van der Waals surface area contributed by atoms with Crippen molar-refractivity contribution < 1.29 is 5.11 Å². The third-order valence-corrected chi connectivity index (χ3v) is 3.70. The van der Waals surface area contributed by atoms with Crippen LogP contribution < -0.4 is 5.32 Å². The SMILES string of the molecule is OCC1(NCc2cc(Cl)cs2)CC1. The summed E-state index contributed by atoms with van der Waals surface area (Å²) in [4.78, 5) is 1.23. The normalized spacial score (nSPS) is 18.9. The molecule has 1 heterocycles. The van der Waals surface area contributed by atoms with Crippen LogP contribution >= 0.6 is 22.9 Å². The van der Waals surface area contributed by atoms with Crippen LogP contribution in [-0.2, 0) is 6.54 Å². The van der Waals surface area contributed by atoms with Crippen LogP contribution in [0.15, 0.2) is 11.4 Å². The van der Waals surface area contributed by atoms with Crippen molar-refractivity contribution in [2.45, 2.75) is 24.9 Å². The highest BCUT2D eigenvalue weighted by atomic mass is 35.5. The number of thiophene rings is 1. The van der Waals surface area contributed by atoms with Crippen molar-refractivity contribution in [3.63, 3.8) is 0 Å². The fourth-order valence-corrected chi connectivity index (χ4v) is 2.28. The minimum Gasteiger partial charge on any atom is -0.394 e. The van der Waals surface area contributed by atoms with Crippen LogP contribution in [-0.4, -0.2) is 17.3 Å². The fraction of sp³-hybridized carbons (Fsp3) is 0.556. The predicted molar refractivity (Wildman–Crippen MR) is 55.2 cm³/mol. The second kappa shape index (κ2) is 3.58. The summed E-state index contributed by atoms with van der Waals surface area (Å²) in [5.74, 6) is 0. The molecule has 4 heteroatoms. The van der Waals surface area contributed by atoms with Gasteiger partial charge in [-0.05, 0) is 18.9 Å². The van der Waals surface area contributed by atoms with E-state index in [1.54, 1.807) is 11.3 Å². The molecular formula is C9H12ClNOS. The molecule has 1 aromatic rings. The van der Waals surface area contributed by atoms with Gasteiger partial charge in [-0.25, -0.2) is 0 Å². The van der Waals surface area contributed by atoms with E-state index in [2.05, 4.69) is 5.32 Å². The Hall–Kier alpha value is -0.0900. The van der Waals surface area contributed by atoms with Crippen LogP contribution in [0.25, 0.3) is 0 Å². The third kappa shape index (κ3) is 2.23. The van der Waals surface area contributed by atoms with Gasteiger partial charge in [0.05, 0.1) is 11.6 Å². The zero-order chi connectivity index (χ0) is 9.31. The number of halogens is 1. The molecule has 0 spiro atoms. The number of hydrogen-bond acceptors (Lipinski definition) is 3. The maximum Gasteiger partial charge on any atom is 0.0613 e. The average molecular weight is 218 g/mol. The van der Waals surface area contributed by atoms with Gasteiger partial charge in [0, 0.05) is 22.3 Å². The topological polar surface area (TPSA) is 32.3 Å². The molecule has 0 aromatic carbocycles. The van der Waals surface area contributed by atoms with Crippen molar-refractivity contribution in [1.29, 1.82) is 0 Å². The van der Waals surface area contributed by atoms with Crippen molar-refractivity contribution in [2.75, 3.05) is 6.61 Å². The summed E-state index contributed by atoms with van der Waals surface area (Å²) in [7, 11) is 0. The quantitative estimate of drug-likeness (QED) is 0.809. The molecule has 2 N–H and O–H groups in total. The monoisotopic (exact) mass is 217 g/mol. The van der Waals surface area contributed by atoms with Crippen LogP contribution in [0.2, 0.25) is 5.02 Å². The lowest BCUT2D eigenvalue weighted by Crippen LogP contribution is -2.33. The van der Waals surface area contributed by atoms with Crippen LogP contribution in [0.3, 0.4) is 0 Å². The van der Waals surface area contributed by atoms with Crippen molar-refractivity contribution in [3.8, 4) is 0 Å². The lowest BCUT2D eigenvalue weighted by atomic mass is 10.3. The van der Waals surface area contributed by atoms with Gasteiger partial charge in [0.15, 0.2) is 0 Å². The van der Waals surface area contributed by atoms with E-state index in [1.165, 1.54) is 4.88 Å². The van der Waals surface area contributed by atoms with Crippen LogP contribution in [0, 0.1) is 0 Å². The summed E-state index contributed by atoms with van der Waals surface area (Å²) < 4.78 is 0. The fourth-order valence-electron chi connectivity index (χ4n) is 1.26. The number of nitrogens with one attached hydrogen (secondary N) is 1. The molecule has 0 bridgehead atoms. The molecule has 0 unspecified atom stereocenters. The number of aliphatic hydroxyl groups excluding tert-OH is 1. The molecule has 1 aliphatic rings. The van der Waals surface area contributed by atoms with Crippen molar-refractivity contribution in [1.82, 2.24) is 5.32 Å².